The van der Waals surface area contributed by atoms with Crippen molar-refractivity contribution in [1.82, 2.24) is 14.5 Å². The zero-order valence-electron chi connectivity index (χ0n) is 16.7. The molecule has 1 aliphatic heterocycles. The second-order valence-electron chi connectivity index (χ2n) is 7.41. The quantitative estimate of drug-likeness (QED) is 0.679. The van der Waals surface area contributed by atoms with Crippen LogP contribution in [0.15, 0.2) is 47.4 Å². The molecule has 6 nitrogen and oxygen atoms in total. The maximum absolute atomic E-state index is 13.2. The first kappa shape index (κ1) is 21.8. The summed E-state index contributed by atoms with van der Waals surface area (Å²) in [4.78, 5) is 14.6. The molecule has 0 saturated carbocycles. The van der Waals surface area contributed by atoms with Crippen molar-refractivity contribution in [3.63, 3.8) is 0 Å². The summed E-state index contributed by atoms with van der Waals surface area (Å²) >= 11 is 6.18. The van der Waals surface area contributed by atoms with Crippen LogP contribution in [0.3, 0.4) is 0 Å². The lowest BCUT2D eigenvalue weighted by Gasteiger charge is -2.28. The number of rotatable bonds is 7. The number of halogens is 1. The highest BCUT2D eigenvalue weighted by Gasteiger charge is 2.29. The average molecular weight is 436 g/mol. The first-order valence-corrected chi connectivity index (χ1v) is 11.4. The molecule has 1 N–H and O–H groups in total. The molecule has 0 bridgehead atoms. The van der Waals surface area contributed by atoms with E-state index >= 15 is 0 Å². The van der Waals surface area contributed by atoms with Crippen molar-refractivity contribution in [3.05, 3.63) is 64.2 Å². The molecule has 0 unspecified atom stereocenters. The van der Waals surface area contributed by atoms with Crippen molar-refractivity contribution in [2.45, 2.75) is 24.3 Å². The van der Waals surface area contributed by atoms with Gasteiger partial charge in [-0.3, -0.25) is 4.79 Å². The third-order valence-corrected chi connectivity index (χ3v) is 7.15. The summed E-state index contributed by atoms with van der Waals surface area (Å²) in [6.45, 7) is 2.08. The summed E-state index contributed by atoms with van der Waals surface area (Å²) in [5.74, 6) is -0.366. The van der Waals surface area contributed by atoms with Crippen molar-refractivity contribution >= 4 is 27.5 Å². The first-order valence-electron chi connectivity index (χ1n) is 9.58. The highest BCUT2D eigenvalue weighted by molar-refractivity contribution is 7.89. The first-order chi connectivity index (χ1) is 13.8. The number of nitrogens with zero attached hydrogens (tertiary/aromatic N) is 2. The number of sulfonamides is 1. The number of carbonyl (C=O) groups is 1. The van der Waals surface area contributed by atoms with E-state index in [1.807, 2.05) is 43.3 Å². The molecule has 1 heterocycles. The highest BCUT2D eigenvalue weighted by atomic mass is 35.5. The predicted octanol–water partition coefficient (Wildman–Crippen LogP) is 2.77. The molecule has 0 fully saturated rings. The average Bonchev–Trinajstić information content (AvgIpc) is 2.70. The molecule has 0 atom stereocenters. The summed E-state index contributed by atoms with van der Waals surface area (Å²) in [6, 6.07) is 12.2. The summed E-state index contributed by atoms with van der Waals surface area (Å²) in [7, 11) is 0.203. The van der Waals surface area contributed by atoms with Gasteiger partial charge in [-0.15, -0.1) is 0 Å². The van der Waals surface area contributed by atoms with Gasteiger partial charge in [-0.25, -0.2) is 8.42 Å². The number of hydrogen-bond donors (Lipinski definition) is 1. The second-order valence-corrected chi connectivity index (χ2v) is 9.76. The SMILES string of the molecule is CN(C)CCCNC(=O)c1cc(S(=O)(=O)N2CCc3ccccc3C2)ccc1Cl. The lowest BCUT2D eigenvalue weighted by Crippen LogP contribution is -2.36. The van der Waals surface area contributed by atoms with E-state index in [1.54, 1.807) is 0 Å². The van der Waals surface area contributed by atoms with Crippen LogP contribution in [-0.4, -0.2) is 57.3 Å². The van der Waals surface area contributed by atoms with E-state index in [4.69, 9.17) is 11.6 Å². The molecule has 0 aliphatic carbocycles. The molecule has 156 valence electrons. The molecule has 0 saturated heterocycles. The number of carbonyl (C=O) groups excluding carboxylic acids is 1. The van der Waals surface area contributed by atoms with E-state index in [-0.39, 0.29) is 21.4 Å². The highest BCUT2D eigenvalue weighted by Crippen LogP contribution is 2.27. The van der Waals surface area contributed by atoms with Crippen LogP contribution < -0.4 is 5.32 Å². The number of amides is 1. The van der Waals surface area contributed by atoms with Crippen molar-refractivity contribution in [2.75, 3.05) is 33.7 Å². The molecule has 0 aromatic heterocycles. The maximum atomic E-state index is 13.2. The van der Waals surface area contributed by atoms with Crippen molar-refractivity contribution in [1.29, 1.82) is 0 Å². The molecule has 1 amide bonds. The summed E-state index contributed by atoms with van der Waals surface area (Å²) < 4.78 is 27.8. The van der Waals surface area contributed by atoms with Crippen LogP contribution >= 0.6 is 11.6 Å². The minimum atomic E-state index is -3.73. The topological polar surface area (TPSA) is 69.7 Å². The van der Waals surface area contributed by atoms with Gasteiger partial charge in [0.15, 0.2) is 0 Å². The van der Waals surface area contributed by atoms with Gasteiger partial charge in [0.2, 0.25) is 10.0 Å². The van der Waals surface area contributed by atoms with E-state index in [1.165, 1.54) is 28.1 Å². The molecule has 1 aliphatic rings. The monoisotopic (exact) mass is 435 g/mol. The predicted molar refractivity (Wildman–Crippen MR) is 115 cm³/mol. The minimum absolute atomic E-state index is 0.0831. The van der Waals surface area contributed by atoms with Crippen LogP contribution in [0.2, 0.25) is 5.02 Å². The van der Waals surface area contributed by atoms with Crippen molar-refractivity contribution < 1.29 is 13.2 Å². The Kier molecular flexibility index (Phi) is 6.95. The van der Waals surface area contributed by atoms with Gasteiger partial charge in [0.25, 0.3) is 5.91 Å². The smallest absolute Gasteiger partial charge is 0.252 e. The Bertz CT molecular complexity index is 992. The van der Waals surface area contributed by atoms with Crippen LogP contribution in [0.5, 0.6) is 0 Å². The van der Waals surface area contributed by atoms with Crippen LogP contribution in [0.25, 0.3) is 0 Å². The third-order valence-electron chi connectivity index (χ3n) is 4.98. The largest absolute Gasteiger partial charge is 0.352 e. The van der Waals surface area contributed by atoms with Crippen LogP contribution in [0.4, 0.5) is 0 Å². The molecule has 29 heavy (non-hydrogen) atoms. The van der Waals surface area contributed by atoms with Gasteiger partial charge in [-0.1, -0.05) is 35.9 Å². The minimum Gasteiger partial charge on any atom is -0.352 e. The van der Waals surface area contributed by atoms with E-state index in [0.717, 1.165) is 18.5 Å². The summed E-state index contributed by atoms with van der Waals surface area (Å²) in [5, 5.41) is 3.04. The lowest BCUT2D eigenvalue weighted by molar-refractivity contribution is 0.0952. The normalized spacial score (nSPS) is 14.6. The Labute approximate surface area is 177 Å². The fourth-order valence-electron chi connectivity index (χ4n) is 3.36. The number of hydrogen-bond acceptors (Lipinski definition) is 4. The zero-order chi connectivity index (χ0) is 21.0. The number of fused-ring (bicyclic) bond motifs is 1. The van der Waals surface area contributed by atoms with Gasteiger partial charge in [-0.05, 0) is 62.8 Å². The van der Waals surface area contributed by atoms with Crippen LogP contribution in [0, 0.1) is 0 Å². The molecular formula is C21H26ClN3O3S. The molecule has 2 aromatic carbocycles. The molecule has 8 heteroatoms. The maximum Gasteiger partial charge on any atom is 0.252 e. The van der Waals surface area contributed by atoms with E-state index in [2.05, 4.69) is 5.32 Å². The summed E-state index contributed by atoms with van der Waals surface area (Å²) in [6.07, 6.45) is 1.46. The standard InChI is InChI=1S/C21H26ClN3O3S/c1-24(2)12-5-11-23-21(26)19-14-18(8-9-20(19)22)29(27,28)25-13-10-16-6-3-4-7-17(16)15-25/h3-4,6-9,14H,5,10-13,15H2,1-2H3,(H,23,26). The number of benzene rings is 2. The Morgan fingerprint density at radius 1 is 1.17 bits per heavy atom. The molecule has 0 radical (unpaired) electrons. The molecular weight excluding hydrogens is 410 g/mol. The van der Waals surface area contributed by atoms with Gasteiger partial charge in [0.05, 0.1) is 15.5 Å². The fourth-order valence-corrected chi connectivity index (χ4v) is 5.00. The summed E-state index contributed by atoms with van der Waals surface area (Å²) in [5.41, 5.74) is 2.36. The van der Waals surface area contributed by atoms with Crippen molar-refractivity contribution in [3.8, 4) is 0 Å². The molecule has 2 aromatic rings. The lowest BCUT2D eigenvalue weighted by atomic mass is 10.0. The van der Waals surface area contributed by atoms with Gasteiger partial charge in [-0.2, -0.15) is 4.31 Å². The fraction of sp³-hybridized carbons (Fsp3) is 0.381. The van der Waals surface area contributed by atoms with Gasteiger partial charge >= 0.3 is 0 Å². The van der Waals surface area contributed by atoms with Gasteiger partial charge in [0, 0.05) is 19.6 Å². The molecule has 0 spiro atoms. The Morgan fingerprint density at radius 3 is 2.62 bits per heavy atom. The zero-order valence-corrected chi connectivity index (χ0v) is 18.3. The van der Waals surface area contributed by atoms with Gasteiger partial charge < -0.3 is 10.2 Å². The Morgan fingerprint density at radius 2 is 1.90 bits per heavy atom. The third kappa shape index (κ3) is 5.17. The Balaban J connectivity index is 1.77. The Hall–Kier alpha value is -1.93. The van der Waals surface area contributed by atoms with Crippen LogP contribution in [-0.2, 0) is 23.0 Å². The van der Waals surface area contributed by atoms with Gasteiger partial charge in [0.1, 0.15) is 0 Å². The van der Waals surface area contributed by atoms with E-state index in [0.29, 0.717) is 26.1 Å². The van der Waals surface area contributed by atoms with E-state index < -0.39 is 10.0 Å². The molecule has 3 rings (SSSR count). The van der Waals surface area contributed by atoms with Crippen LogP contribution in [0.1, 0.15) is 27.9 Å². The van der Waals surface area contributed by atoms with Crippen molar-refractivity contribution in [2.24, 2.45) is 0 Å². The second kappa shape index (κ2) is 9.26. The number of nitrogens with one attached hydrogen (secondary N) is 1. The van der Waals surface area contributed by atoms with E-state index in [9.17, 15) is 13.2 Å².